The Morgan fingerprint density at radius 1 is 0.340 bits per heavy atom. The van der Waals surface area contributed by atoms with Gasteiger partial charge in [0, 0.05) is 36.5 Å². The molecule has 0 aliphatic carbocycles. The van der Waals surface area contributed by atoms with Crippen molar-refractivity contribution in [1.29, 1.82) is 0 Å². The monoisotopic (exact) mass is 650 g/mol. The van der Waals surface area contributed by atoms with Crippen molar-refractivity contribution in [1.82, 2.24) is 0 Å². The van der Waals surface area contributed by atoms with Gasteiger partial charge in [-0.05, 0) is 107 Å². The number of furan rings is 1. The van der Waals surface area contributed by atoms with Gasteiger partial charge in [0.15, 0.2) is 0 Å². The smallest absolute Gasteiger partial charge is 0.143 e. The Balaban J connectivity index is 1.16. The summed E-state index contributed by atoms with van der Waals surface area (Å²) in [5.41, 5.74) is 6.57. The lowest BCUT2D eigenvalue weighted by Crippen LogP contribution is -1.89. The average molecular weight is 651 g/mol. The fraction of sp³-hybridized carbons (Fsp3) is 0. The van der Waals surface area contributed by atoms with Gasteiger partial charge < -0.3 is 4.42 Å². The predicted molar refractivity (Wildman–Crippen MR) is 216 cm³/mol. The van der Waals surface area contributed by atoms with E-state index in [9.17, 15) is 0 Å². The second-order valence-corrected chi connectivity index (χ2v) is 14.7. The highest BCUT2D eigenvalue weighted by Gasteiger charge is 2.21. The largest absolute Gasteiger partial charge is 0.455 e. The van der Waals surface area contributed by atoms with Gasteiger partial charge in [0.05, 0.1) is 0 Å². The van der Waals surface area contributed by atoms with Crippen LogP contribution in [0.5, 0.6) is 0 Å². The van der Waals surface area contributed by atoms with Gasteiger partial charge in [-0.2, -0.15) is 0 Å². The lowest BCUT2D eigenvalue weighted by atomic mass is 9.87. The maximum atomic E-state index is 6.96. The van der Waals surface area contributed by atoms with E-state index in [1.54, 1.807) is 0 Å². The van der Waals surface area contributed by atoms with Crippen molar-refractivity contribution in [2.45, 2.75) is 0 Å². The molecule has 230 valence electrons. The molecule has 0 radical (unpaired) electrons. The van der Waals surface area contributed by atoms with Crippen molar-refractivity contribution in [2.24, 2.45) is 0 Å². The second-order valence-electron chi connectivity index (χ2n) is 13.6. The molecule has 0 aliphatic heterocycles. The van der Waals surface area contributed by atoms with Crippen molar-refractivity contribution < 1.29 is 4.42 Å². The zero-order valence-corrected chi connectivity index (χ0v) is 27.6. The first-order chi connectivity index (χ1) is 24.7. The molecule has 0 aliphatic rings. The van der Waals surface area contributed by atoms with Crippen LogP contribution in [0.15, 0.2) is 162 Å². The Labute approximate surface area is 290 Å². The van der Waals surface area contributed by atoms with Gasteiger partial charge in [-0.15, -0.1) is 11.3 Å². The molecule has 0 N–H and O–H groups in total. The number of hydrogen-bond donors (Lipinski definition) is 0. The van der Waals surface area contributed by atoms with Gasteiger partial charge in [-0.1, -0.05) is 121 Å². The molecule has 0 atom stereocenters. The highest BCUT2D eigenvalue weighted by molar-refractivity contribution is 7.25. The molecule has 2 aromatic heterocycles. The van der Waals surface area contributed by atoms with Crippen molar-refractivity contribution in [2.75, 3.05) is 0 Å². The summed E-state index contributed by atoms with van der Waals surface area (Å²) in [7, 11) is 0. The van der Waals surface area contributed by atoms with Crippen LogP contribution in [0.25, 0.3) is 118 Å². The van der Waals surface area contributed by atoms with E-state index >= 15 is 0 Å². The number of fused-ring (bicyclic) bond motifs is 8. The fourth-order valence-electron chi connectivity index (χ4n) is 8.62. The predicted octanol–water partition coefficient (Wildman–Crippen LogP) is 14.5. The van der Waals surface area contributed by atoms with E-state index in [4.69, 9.17) is 4.42 Å². The molecule has 1 nitrogen and oxygen atoms in total. The number of thiophene rings is 1. The zero-order valence-electron chi connectivity index (χ0n) is 26.8. The van der Waals surface area contributed by atoms with Gasteiger partial charge in [0.25, 0.3) is 0 Å². The van der Waals surface area contributed by atoms with Crippen molar-refractivity contribution in [3.63, 3.8) is 0 Å². The average Bonchev–Trinajstić information content (AvgIpc) is 3.72. The molecule has 2 heterocycles. The fourth-order valence-corrected chi connectivity index (χ4v) is 9.79. The summed E-state index contributed by atoms with van der Waals surface area (Å²) >= 11 is 1.87. The molecule has 50 heavy (non-hydrogen) atoms. The highest BCUT2D eigenvalue weighted by atomic mass is 32.1. The summed E-state index contributed by atoms with van der Waals surface area (Å²) in [6.07, 6.45) is 0. The molecule has 0 unspecified atom stereocenters. The van der Waals surface area contributed by atoms with Crippen LogP contribution in [-0.4, -0.2) is 0 Å². The van der Waals surface area contributed by atoms with Gasteiger partial charge in [0.2, 0.25) is 0 Å². The molecule has 0 spiro atoms. The van der Waals surface area contributed by atoms with Gasteiger partial charge in [-0.25, -0.2) is 0 Å². The summed E-state index contributed by atoms with van der Waals surface area (Å²) in [4.78, 5) is 0. The number of hydrogen-bond acceptors (Lipinski definition) is 2. The normalized spacial score (nSPS) is 12.4. The van der Waals surface area contributed by atoms with Gasteiger partial charge in [-0.3, -0.25) is 0 Å². The van der Waals surface area contributed by atoms with Crippen LogP contribution < -0.4 is 0 Å². The summed E-state index contributed by atoms with van der Waals surface area (Å²) in [5.74, 6) is 0. The molecule has 0 saturated carbocycles. The molecular weight excluding hydrogens is 625 g/mol. The third kappa shape index (κ3) is 3.61. The van der Waals surface area contributed by atoms with Crippen molar-refractivity contribution >= 4 is 107 Å². The lowest BCUT2D eigenvalue weighted by molar-refractivity contribution is 0.670. The van der Waals surface area contributed by atoms with E-state index < -0.39 is 0 Å². The maximum absolute atomic E-state index is 6.96. The van der Waals surface area contributed by atoms with Crippen LogP contribution in [-0.2, 0) is 0 Å². The van der Waals surface area contributed by atoms with Crippen molar-refractivity contribution in [3.8, 4) is 22.3 Å². The Bertz CT molecular complexity index is 3360. The number of rotatable bonds is 2. The Morgan fingerprint density at radius 3 is 1.72 bits per heavy atom. The molecule has 12 aromatic rings. The topological polar surface area (TPSA) is 13.1 Å². The van der Waals surface area contributed by atoms with Gasteiger partial charge in [0.1, 0.15) is 11.2 Å². The van der Waals surface area contributed by atoms with Crippen LogP contribution in [0, 0.1) is 0 Å². The summed E-state index contributed by atoms with van der Waals surface area (Å²) < 4.78 is 9.57. The minimum atomic E-state index is 0.916. The SMILES string of the molecule is c1ccc2cc3c(cc2c1)oc1c(-c2ccc4c(c2)sc2cc5ccccc5cc24)ccc(-c2ccc4ccc5cccc6ccc2c4c56)c13. The third-order valence-electron chi connectivity index (χ3n) is 11.0. The van der Waals surface area contributed by atoms with E-state index in [2.05, 4.69) is 158 Å². The first kappa shape index (κ1) is 26.7. The molecule has 10 aromatic carbocycles. The molecule has 0 saturated heterocycles. The van der Waals surface area contributed by atoms with Crippen LogP contribution in [0.2, 0.25) is 0 Å². The van der Waals surface area contributed by atoms with E-state index in [0.717, 1.165) is 22.1 Å². The zero-order chi connectivity index (χ0) is 32.5. The Kier molecular flexibility index (Phi) is 5.18. The second kappa shape index (κ2) is 9.69. The van der Waals surface area contributed by atoms with Gasteiger partial charge >= 0.3 is 0 Å². The lowest BCUT2D eigenvalue weighted by Gasteiger charge is -2.15. The first-order valence-corrected chi connectivity index (χ1v) is 18.0. The first-order valence-electron chi connectivity index (χ1n) is 17.2. The molecule has 0 amide bonds. The van der Waals surface area contributed by atoms with Crippen LogP contribution in [0.4, 0.5) is 0 Å². The maximum Gasteiger partial charge on any atom is 0.143 e. The molecule has 12 rings (SSSR count). The standard InChI is InChI=1S/C48H26OS/c1-3-8-32-24-42-41(23-31(32)7-1)47-39(36-17-14-29-13-12-27-10-5-11-28-15-19-38(36)46(29)45(27)28)21-20-35(48(47)49-42)34-16-18-37-40-22-30-6-2-4-9-33(30)25-44(40)50-43(37)26-34/h1-26H. The minimum absolute atomic E-state index is 0.916. The van der Waals surface area contributed by atoms with E-state index in [1.165, 1.54) is 96.1 Å². The Morgan fingerprint density at radius 2 is 0.920 bits per heavy atom. The highest BCUT2D eigenvalue weighted by Crippen LogP contribution is 2.47. The molecule has 2 heteroatoms. The van der Waals surface area contributed by atoms with E-state index in [0.29, 0.717) is 0 Å². The van der Waals surface area contributed by atoms with E-state index in [1.807, 2.05) is 11.3 Å². The van der Waals surface area contributed by atoms with Crippen molar-refractivity contribution in [3.05, 3.63) is 158 Å². The summed E-state index contributed by atoms with van der Waals surface area (Å²) in [6.45, 7) is 0. The Hall–Kier alpha value is -6.22. The van der Waals surface area contributed by atoms with Crippen LogP contribution >= 0.6 is 11.3 Å². The van der Waals surface area contributed by atoms with Crippen LogP contribution in [0.3, 0.4) is 0 Å². The number of benzene rings is 10. The quantitative estimate of drug-likeness (QED) is 0.170. The molecule has 0 bridgehead atoms. The third-order valence-corrected chi connectivity index (χ3v) is 12.1. The van der Waals surface area contributed by atoms with E-state index in [-0.39, 0.29) is 0 Å². The molecule has 0 fully saturated rings. The summed E-state index contributed by atoms with van der Waals surface area (Å²) in [5, 5.41) is 17.7. The molecular formula is C48H26OS. The van der Waals surface area contributed by atoms with Crippen LogP contribution in [0.1, 0.15) is 0 Å². The minimum Gasteiger partial charge on any atom is -0.455 e. The summed E-state index contributed by atoms with van der Waals surface area (Å²) in [6, 6.07) is 58.3.